The molecule has 0 bridgehead atoms. The first kappa shape index (κ1) is 13.5. The molecule has 0 aliphatic rings. The molecule has 1 aromatic carbocycles. The van der Waals surface area contributed by atoms with Gasteiger partial charge in [-0.05, 0) is 19.4 Å². The van der Waals surface area contributed by atoms with E-state index in [2.05, 4.69) is 10.3 Å². The van der Waals surface area contributed by atoms with Gasteiger partial charge in [-0.3, -0.25) is 0 Å². The summed E-state index contributed by atoms with van der Waals surface area (Å²) in [6.07, 6.45) is 0. The van der Waals surface area contributed by atoms with E-state index < -0.39 is 0 Å². The highest BCUT2D eigenvalue weighted by atomic mass is 32.1. The lowest BCUT2D eigenvalue weighted by Crippen LogP contribution is -2.11. The van der Waals surface area contributed by atoms with Gasteiger partial charge in [0.2, 0.25) is 0 Å². The van der Waals surface area contributed by atoms with E-state index in [1.165, 1.54) is 11.3 Å². The second kappa shape index (κ2) is 6.33. The molecule has 0 spiro atoms. The average molecular weight is 276 g/mol. The summed E-state index contributed by atoms with van der Waals surface area (Å²) >= 11 is 1.40. The summed E-state index contributed by atoms with van der Waals surface area (Å²) in [6.45, 7) is 4.18. The van der Waals surface area contributed by atoms with Crippen LogP contribution in [0.2, 0.25) is 0 Å². The van der Waals surface area contributed by atoms with Crippen molar-refractivity contribution in [2.45, 2.75) is 19.9 Å². The zero-order valence-corrected chi connectivity index (χ0v) is 11.7. The van der Waals surface area contributed by atoms with Gasteiger partial charge >= 0.3 is 5.97 Å². The molecule has 2 rings (SSSR count). The predicted molar refractivity (Wildman–Crippen MR) is 76.6 cm³/mol. The van der Waals surface area contributed by atoms with Crippen molar-refractivity contribution < 1.29 is 9.53 Å². The third-order valence-corrected chi connectivity index (χ3v) is 3.44. The highest BCUT2D eigenvalue weighted by Crippen LogP contribution is 2.26. The van der Waals surface area contributed by atoms with Crippen LogP contribution in [0, 0.1) is 0 Å². The largest absolute Gasteiger partial charge is 0.461 e. The van der Waals surface area contributed by atoms with E-state index in [4.69, 9.17) is 4.74 Å². The lowest BCUT2D eigenvalue weighted by atomic mass is 10.1. The fourth-order valence-electron chi connectivity index (χ4n) is 1.72. The fraction of sp³-hybridized carbons (Fsp3) is 0.286. The first-order valence-corrected chi connectivity index (χ1v) is 7.02. The van der Waals surface area contributed by atoms with Crippen LogP contribution in [0.1, 0.15) is 35.9 Å². The van der Waals surface area contributed by atoms with Crippen LogP contribution in [0.3, 0.4) is 0 Å². The summed E-state index contributed by atoms with van der Waals surface area (Å²) in [5, 5.41) is 4.05. The Morgan fingerprint density at radius 1 is 1.42 bits per heavy atom. The van der Waals surface area contributed by atoms with Crippen LogP contribution in [0.4, 0.5) is 5.00 Å². The molecule has 0 aliphatic heterocycles. The van der Waals surface area contributed by atoms with Crippen LogP contribution in [0.15, 0.2) is 35.8 Å². The first-order valence-electron chi connectivity index (χ1n) is 6.14. The molecule has 1 aromatic heterocycles. The van der Waals surface area contributed by atoms with Crippen molar-refractivity contribution >= 4 is 22.3 Å². The molecule has 1 N–H and O–H groups in total. The van der Waals surface area contributed by atoms with Gasteiger partial charge in [0.25, 0.3) is 0 Å². The molecule has 100 valence electrons. The minimum atomic E-state index is -0.383. The third-order valence-electron chi connectivity index (χ3n) is 2.68. The summed E-state index contributed by atoms with van der Waals surface area (Å²) in [5.74, 6) is -0.383. The molecule has 4 nitrogen and oxygen atoms in total. The van der Waals surface area contributed by atoms with E-state index in [9.17, 15) is 4.79 Å². The van der Waals surface area contributed by atoms with E-state index in [0.717, 1.165) is 10.6 Å². The smallest absolute Gasteiger partial charge is 0.360 e. The van der Waals surface area contributed by atoms with Gasteiger partial charge < -0.3 is 10.1 Å². The maximum Gasteiger partial charge on any atom is 0.360 e. The number of nitrogens with one attached hydrogen (secondary N) is 1. The number of ether oxygens (including phenoxy) is 1. The SMILES string of the molecule is CCOC(=O)c1ncsc1NC(C)c1ccccc1. The monoisotopic (exact) mass is 276 g/mol. The van der Waals surface area contributed by atoms with E-state index in [1.54, 1.807) is 12.4 Å². The quantitative estimate of drug-likeness (QED) is 0.849. The maximum atomic E-state index is 11.7. The summed E-state index contributed by atoms with van der Waals surface area (Å²) in [5.41, 5.74) is 3.16. The molecule has 1 atom stereocenters. The molecule has 0 radical (unpaired) electrons. The number of aromatic nitrogens is 1. The number of hydrogen-bond donors (Lipinski definition) is 1. The molecule has 2 aromatic rings. The minimum Gasteiger partial charge on any atom is -0.461 e. The van der Waals surface area contributed by atoms with Crippen LogP contribution in [-0.2, 0) is 4.74 Å². The van der Waals surface area contributed by atoms with Crippen LogP contribution >= 0.6 is 11.3 Å². The number of esters is 1. The van der Waals surface area contributed by atoms with Gasteiger partial charge in [-0.2, -0.15) is 0 Å². The molecule has 5 heteroatoms. The summed E-state index contributed by atoms with van der Waals surface area (Å²) < 4.78 is 4.98. The molecule has 1 heterocycles. The fourth-order valence-corrected chi connectivity index (χ4v) is 2.47. The summed E-state index contributed by atoms with van der Waals surface area (Å²) in [6, 6.07) is 10.2. The van der Waals surface area contributed by atoms with Crippen molar-refractivity contribution in [1.29, 1.82) is 0 Å². The van der Waals surface area contributed by atoms with Gasteiger partial charge in [0, 0.05) is 6.04 Å². The molecule has 0 fully saturated rings. The normalized spacial score (nSPS) is 11.9. The summed E-state index contributed by atoms with van der Waals surface area (Å²) in [7, 11) is 0. The van der Waals surface area contributed by atoms with Crippen LogP contribution in [0.25, 0.3) is 0 Å². The number of rotatable bonds is 5. The Kier molecular flexibility index (Phi) is 4.52. The van der Waals surface area contributed by atoms with Crippen LogP contribution < -0.4 is 5.32 Å². The molecular formula is C14H16N2O2S. The lowest BCUT2D eigenvalue weighted by Gasteiger charge is -2.14. The Balaban J connectivity index is 2.12. The van der Waals surface area contributed by atoms with Crippen molar-refractivity contribution in [3.63, 3.8) is 0 Å². The predicted octanol–water partition coefficient (Wildman–Crippen LogP) is 3.49. The van der Waals surface area contributed by atoms with Gasteiger partial charge in [0.1, 0.15) is 5.00 Å². The number of benzene rings is 1. The van der Waals surface area contributed by atoms with Crippen molar-refractivity contribution in [2.24, 2.45) is 0 Å². The Morgan fingerprint density at radius 3 is 2.84 bits per heavy atom. The Labute approximate surface area is 116 Å². The second-order valence-electron chi connectivity index (χ2n) is 4.03. The van der Waals surface area contributed by atoms with Crippen molar-refractivity contribution in [3.8, 4) is 0 Å². The zero-order valence-electron chi connectivity index (χ0n) is 10.9. The Bertz CT molecular complexity index is 539. The molecule has 0 amide bonds. The van der Waals surface area contributed by atoms with Gasteiger partial charge in [-0.1, -0.05) is 30.3 Å². The number of thiazole rings is 1. The lowest BCUT2D eigenvalue weighted by molar-refractivity contribution is 0.0521. The Morgan fingerprint density at radius 2 is 2.16 bits per heavy atom. The number of anilines is 1. The van der Waals surface area contributed by atoms with E-state index in [1.807, 2.05) is 37.3 Å². The van der Waals surface area contributed by atoms with Crippen LogP contribution in [0.5, 0.6) is 0 Å². The van der Waals surface area contributed by atoms with E-state index in [0.29, 0.717) is 12.3 Å². The topological polar surface area (TPSA) is 51.2 Å². The molecule has 0 saturated carbocycles. The van der Waals surface area contributed by atoms with Gasteiger partial charge in [0.15, 0.2) is 5.69 Å². The van der Waals surface area contributed by atoms with Crippen molar-refractivity contribution in [1.82, 2.24) is 4.98 Å². The van der Waals surface area contributed by atoms with Crippen molar-refractivity contribution in [3.05, 3.63) is 47.1 Å². The van der Waals surface area contributed by atoms with Crippen LogP contribution in [-0.4, -0.2) is 17.6 Å². The Hall–Kier alpha value is -1.88. The number of carbonyl (C=O) groups excluding carboxylic acids is 1. The van der Waals surface area contributed by atoms with E-state index in [-0.39, 0.29) is 12.0 Å². The molecule has 19 heavy (non-hydrogen) atoms. The van der Waals surface area contributed by atoms with E-state index >= 15 is 0 Å². The molecular weight excluding hydrogens is 260 g/mol. The average Bonchev–Trinajstić information content (AvgIpc) is 2.88. The molecule has 1 unspecified atom stereocenters. The third kappa shape index (κ3) is 3.32. The molecule has 0 saturated heterocycles. The standard InChI is InChI=1S/C14H16N2O2S/c1-3-18-14(17)12-13(19-9-15-12)16-10(2)11-7-5-4-6-8-11/h4-10,16H,3H2,1-2H3. The van der Waals surface area contributed by atoms with Crippen molar-refractivity contribution in [2.75, 3.05) is 11.9 Å². The summed E-state index contributed by atoms with van der Waals surface area (Å²) in [4.78, 5) is 15.8. The minimum absolute atomic E-state index is 0.106. The highest BCUT2D eigenvalue weighted by molar-refractivity contribution is 7.14. The van der Waals surface area contributed by atoms with Gasteiger partial charge in [-0.15, -0.1) is 11.3 Å². The number of hydrogen-bond acceptors (Lipinski definition) is 5. The molecule has 0 aliphatic carbocycles. The number of nitrogens with zero attached hydrogens (tertiary/aromatic N) is 1. The van der Waals surface area contributed by atoms with Gasteiger partial charge in [-0.25, -0.2) is 9.78 Å². The zero-order chi connectivity index (χ0) is 13.7. The highest BCUT2D eigenvalue weighted by Gasteiger charge is 2.17. The second-order valence-corrected chi connectivity index (χ2v) is 4.88. The maximum absolute atomic E-state index is 11.7. The van der Waals surface area contributed by atoms with Gasteiger partial charge in [0.05, 0.1) is 12.1 Å². The number of carbonyl (C=O) groups is 1. The first-order chi connectivity index (χ1) is 9.22.